The van der Waals surface area contributed by atoms with Crippen LogP contribution in [-0.4, -0.2) is 58.5 Å². The van der Waals surface area contributed by atoms with Gasteiger partial charge >= 0.3 is 0 Å². The van der Waals surface area contributed by atoms with E-state index in [-0.39, 0.29) is 11.5 Å². The predicted molar refractivity (Wildman–Crippen MR) is 131 cm³/mol. The van der Waals surface area contributed by atoms with Crippen LogP contribution in [0.5, 0.6) is 5.75 Å². The predicted octanol–water partition coefficient (Wildman–Crippen LogP) is 3.75. The van der Waals surface area contributed by atoms with Crippen molar-refractivity contribution in [1.29, 1.82) is 5.26 Å². The van der Waals surface area contributed by atoms with Gasteiger partial charge in [0.05, 0.1) is 12.8 Å². The lowest BCUT2D eigenvalue weighted by atomic mass is 10.1. The molecule has 0 N–H and O–H groups in total. The van der Waals surface area contributed by atoms with Crippen molar-refractivity contribution in [2.24, 2.45) is 0 Å². The maximum absolute atomic E-state index is 13.1. The number of nitriles is 1. The Morgan fingerprint density at radius 1 is 1.12 bits per heavy atom. The molecule has 174 valence electrons. The van der Waals surface area contributed by atoms with Gasteiger partial charge in [-0.25, -0.2) is 0 Å². The van der Waals surface area contributed by atoms with E-state index in [9.17, 15) is 10.1 Å². The summed E-state index contributed by atoms with van der Waals surface area (Å²) in [6.45, 7) is 7.48. The molecule has 1 amide bonds. The lowest BCUT2D eigenvalue weighted by molar-refractivity contribution is -0.128. The van der Waals surface area contributed by atoms with Crippen molar-refractivity contribution in [3.05, 3.63) is 82.9 Å². The van der Waals surface area contributed by atoms with Crippen molar-refractivity contribution >= 4 is 12.0 Å². The number of carbonyl (C=O) groups excluding carboxylic acids is 1. The number of hydrogen-bond donors (Lipinski definition) is 0. The first-order chi connectivity index (χ1) is 16.5. The number of rotatable bonds is 6. The van der Waals surface area contributed by atoms with Crippen LogP contribution in [0, 0.1) is 25.2 Å². The zero-order valence-corrected chi connectivity index (χ0v) is 19.9. The maximum Gasteiger partial charge on any atom is 0.264 e. The van der Waals surface area contributed by atoms with Crippen molar-refractivity contribution < 1.29 is 9.53 Å². The second-order valence-electron chi connectivity index (χ2n) is 8.42. The Kier molecular flexibility index (Phi) is 7.09. The third kappa shape index (κ3) is 5.03. The molecule has 4 rings (SSSR count). The summed E-state index contributed by atoms with van der Waals surface area (Å²) in [6, 6.07) is 17.9. The Morgan fingerprint density at radius 2 is 1.85 bits per heavy atom. The van der Waals surface area contributed by atoms with Crippen LogP contribution >= 0.6 is 0 Å². The normalized spacial score (nSPS) is 14.6. The van der Waals surface area contributed by atoms with Crippen LogP contribution in [0.1, 0.15) is 22.6 Å². The molecule has 1 saturated heterocycles. The number of aromatic nitrogens is 2. The SMILES string of the molecule is COc1ccc(-n2c(C)cc(/C=C(\C#N)C(=O)N3CCN(Cc4ccccn4)CC3)c2C)cc1. The van der Waals surface area contributed by atoms with Crippen molar-refractivity contribution in [2.75, 3.05) is 33.3 Å². The smallest absolute Gasteiger partial charge is 0.264 e. The Morgan fingerprint density at radius 3 is 2.47 bits per heavy atom. The summed E-state index contributed by atoms with van der Waals surface area (Å²) in [5.41, 5.74) is 5.06. The number of hydrogen-bond acceptors (Lipinski definition) is 5. The molecule has 3 heterocycles. The lowest BCUT2D eigenvalue weighted by Gasteiger charge is -2.34. The van der Waals surface area contributed by atoms with Crippen LogP contribution in [-0.2, 0) is 11.3 Å². The van der Waals surface area contributed by atoms with Gasteiger partial charge in [0, 0.05) is 56.0 Å². The summed E-state index contributed by atoms with van der Waals surface area (Å²) in [4.78, 5) is 21.6. The fraction of sp³-hybridized carbons (Fsp3) is 0.296. The highest BCUT2D eigenvalue weighted by Gasteiger charge is 2.24. The number of pyridine rings is 1. The minimum Gasteiger partial charge on any atom is -0.497 e. The minimum absolute atomic E-state index is 0.160. The molecule has 0 bridgehead atoms. The summed E-state index contributed by atoms with van der Waals surface area (Å²) in [5.74, 6) is 0.582. The van der Waals surface area contributed by atoms with E-state index in [1.54, 1.807) is 24.3 Å². The van der Waals surface area contributed by atoms with E-state index in [1.807, 2.05) is 62.4 Å². The highest BCUT2D eigenvalue weighted by atomic mass is 16.5. The van der Waals surface area contributed by atoms with Crippen LogP contribution in [0.2, 0.25) is 0 Å². The Hall–Kier alpha value is -3.89. The van der Waals surface area contributed by atoms with Crippen molar-refractivity contribution in [2.45, 2.75) is 20.4 Å². The van der Waals surface area contributed by atoms with Crippen LogP contribution in [0.15, 0.2) is 60.3 Å². The van der Waals surface area contributed by atoms with Gasteiger partial charge in [-0.3, -0.25) is 14.7 Å². The molecule has 1 aromatic carbocycles. The zero-order chi connectivity index (χ0) is 24.1. The topological polar surface area (TPSA) is 74.4 Å². The summed E-state index contributed by atoms with van der Waals surface area (Å²) >= 11 is 0. The summed E-state index contributed by atoms with van der Waals surface area (Å²) in [7, 11) is 1.64. The standard InChI is InChI=1S/C27H29N5O2/c1-20-16-22(21(2)32(20)25-7-9-26(34-3)10-8-25)17-23(18-28)27(33)31-14-12-30(13-15-31)19-24-6-4-5-11-29-24/h4-11,16-17H,12-15,19H2,1-3H3/b23-17+. The first-order valence-electron chi connectivity index (χ1n) is 11.4. The van der Waals surface area contributed by atoms with Gasteiger partial charge in [-0.1, -0.05) is 6.07 Å². The molecule has 0 aliphatic carbocycles. The van der Waals surface area contributed by atoms with Crippen LogP contribution in [0.25, 0.3) is 11.8 Å². The summed E-state index contributed by atoms with van der Waals surface area (Å²) < 4.78 is 7.37. The van der Waals surface area contributed by atoms with E-state index >= 15 is 0 Å². The van der Waals surface area contributed by atoms with Gasteiger partial charge in [0.15, 0.2) is 0 Å². The number of carbonyl (C=O) groups is 1. The zero-order valence-electron chi connectivity index (χ0n) is 19.9. The first kappa shape index (κ1) is 23.3. The third-order valence-electron chi connectivity index (χ3n) is 6.22. The highest BCUT2D eigenvalue weighted by molar-refractivity contribution is 6.02. The molecule has 0 spiro atoms. The second-order valence-corrected chi connectivity index (χ2v) is 8.42. The third-order valence-corrected chi connectivity index (χ3v) is 6.22. The number of aryl methyl sites for hydroxylation is 1. The monoisotopic (exact) mass is 455 g/mol. The lowest BCUT2D eigenvalue weighted by Crippen LogP contribution is -2.48. The van der Waals surface area contributed by atoms with Gasteiger partial charge < -0.3 is 14.2 Å². The molecule has 0 atom stereocenters. The maximum atomic E-state index is 13.1. The molecule has 0 saturated carbocycles. The van der Waals surface area contributed by atoms with E-state index in [2.05, 4.69) is 20.5 Å². The molecule has 1 fully saturated rings. The van der Waals surface area contributed by atoms with Gasteiger partial charge in [0.1, 0.15) is 17.4 Å². The molecular weight excluding hydrogens is 426 g/mol. The number of amides is 1. The van der Waals surface area contributed by atoms with E-state index in [0.717, 1.165) is 53.7 Å². The number of piperazine rings is 1. The van der Waals surface area contributed by atoms with Crippen molar-refractivity contribution in [3.8, 4) is 17.5 Å². The molecule has 1 aliphatic rings. The van der Waals surface area contributed by atoms with Crippen LogP contribution in [0.4, 0.5) is 0 Å². The Balaban J connectivity index is 1.47. The molecule has 1 aliphatic heterocycles. The fourth-order valence-corrected chi connectivity index (χ4v) is 4.36. The molecule has 34 heavy (non-hydrogen) atoms. The molecule has 0 unspecified atom stereocenters. The van der Waals surface area contributed by atoms with Gasteiger partial charge in [-0.2, -0.15) is 5.26 Å². The van der Waals surface area contributed by atoms with Crippen LogP contribution < -0.4 is 4.74 Å². The van der Waals surface area contributed by atoms with Gasteiger partial charge in [0.2, 0.25) is 0 Å². The van der Waals surface area contributed by atoms with E-state index in [1.165, 1.54) is 0 Å². The van der Waals surface area contributed by atoms with Gasteiger partial charge in [0.25, 0.3) is 5.91 Å². The highest BCUT2D eigenvalue weighted by Crippen LogP contribution is 2.25. The summed E-state index contributed by atoms with van der Waals surface area (Å²) in [5, 5.41) is 9.77. The number of benzene rings is 1. The first-order valence-corrected chi connectivity index (χ1v) is 11.4. The quantitative estimate of drug-likeness (QED) is 0.418. The molecule has 3 aromatic rings. The average Bonchev–Trinajstić information content (AvgIpc) is 3.15. The summed E-state index contributed by atoms with van der Waals surface area (Å²) in [6.07, 6.45) is 3.51. The fourth-order valence-electron chi connectivity index (χ4n) is 4.36. The van der Waals surface area contributed by atoms with E-state index < -0.39 is 0 Å². The van der Waals surface area contributed by atoms with E-state index in [0.29, 0.717) is 13.1 Å². The Labute approximate surface area is 200 Å². The molecule has 7 heteroatoms. The van der Waals surface area contributed by atoms with Crippen LogP contribution in [0.3, 0.4) is 0 Å². The number of nitrogens with zero attached hydrogens (tertiary/aromatic N) is 5. The van der Waals surface area contributed by atoms with E-state index in [4.69, 9.17) is 4.74 Å². The van der Waals surface area contributed by atoms with Crippen molar-refractivity contribution in [3.63, 3.8) is 0 Å². The molecule has 7 nitrogen and oxygen atoms in total. The largest absolute Gasteiger partial charge is 0.497 e. The number of ether oxygens (including phenoxy) is 1. The molecule has 2 aromatic heterocycles. The van der Waals surface area contributed by atoms with Gasteiger partial charge in [-0.15, -0.1) is 0 Å². The number of methoxy groups -OCH3 is 1. The second kappa shape index (κ2) is 10.4. The Bertz CT molecular complexity index is 1210. The average molecular weight is 456 g/mol. The molecular formula is C27H29N5O2. The van der Waals surface area contributed by atoms with Gasteiger partial charge in [-0.05, 0) is 68.0 Å². The minimum atomic E-state index is -0.214. The molecule has 0 radical (unpaired) electrons. The van der Waals surface area contributed by atoms with Crippen molar-refractivity contribution in [1.82, 2.24) is 19.4 Å².